The summed E-state index contributed by atoms with van der Waals surface area (Å²) in [5.41, 5.74) is 0. The van der Waals surface area contributed by atoms with Gasteiger partial charge in [-0.05, 0) is 27.7 Å². The fourth-order valence-electron chi connectivity index (χ4n) is 1.51. The third-order valence-electron chi connectivity index (χ3n) is 3.01. The van der Waals surface area contributed by atoms with Crippen LogP contribution in [-0.2, 0) is 0 Å². The largest absolute Gasteiger partial charge is 0.325 e. The molecule has 0 radical (unpaired) electrons. The van der Waals surface area contributed by atoms with Crippen LogP contribution in [0.3, 0.4) is 0 Å². The molecule has 4 heteroatoms. The molecule has 0 unspecified atom stereocenters. The number of nitrogens with one attached hydrogen (secondary N) is 1. The molecule has 0 saturated carbocycles. The molecule has 0 amide bonds. The lowest BCUT2D eigenvalue weighted by atomic mass is 10.3. The van der Waals surface area contributed by atoms with Crippen LogP contribution in [0, 0.1) is 0 Å². The van der Waals surface area contributed by atoms with Gasteiger partial charge in [-0.15, -0.1) is 0 Å². The van der Waals surface area contributed by atoms with Crippen LogP contribution in [0.5, 0.6) is 0 Å². The molecule has 4 nitrogen and oxygen atoms in total. The van der Waals surface area contributed by atoms with Crippen molar-refractivity contribution in [2.45, 2.75) is 27.7 Å². The molecule has 0 aliphatic carbocycles. The number of rotatable bonds is 4. The highest BCUT2D eigenvalue weighted by atomic mass is 15.3. The molecular weight excluding hydrogens is 176 g/mol. The Labute approximate surface area is 86.9 Å². The average Bonchev–Trinajstić information content (AvgIpc) is 2.80. The van der Waals surface area contributed by atoms with Crippen LogP contribution < -0.4 is 0 Å². The van der Waals surface area contributed by atoms with Gasteiger partial charge in [0.25, 0.3) is 0 Å². The van der Waals surface area contributed by atoms with Gasteiger partial charge in [0, 0.05) is 0 Å². The Kier molecular flexibility index (Phi) is 7.02. The molecule has 0 saturated heterocycles. The summed E-state index contributed by atoms with van der Waals surface area (Å²) in [7, 11) is 0. The molecule has 1 aromatic rings. The van der Waals surface area contributed by atoms with E-state index in [0.29, 0.717) is 0 Å². The van der Waals surface area contributed by atoms with Gasteiger partial charge in [-0.2, -0.15) is 5.10 Å². The van der Waals surface area contributed by atoms with Crippen molar-refractivity contribution < 1.29 is 4.48 Å². The molecule has 82 valence electrons. The van der Waals surface area contributed by atoms with Crippen molar-refractivity contribution in [2.75, 3.05) is 26.2 Å². The summed E-state index contributed by atoms with van der Waals surface area (Å²) in [4.78, 5) is 3.56. The first-order chi connectivity index (χ1) is 6.74. The fourth-order valence-corrected chi connectivity index (χ4v) is 1.51. The van der Waals surface area contributed by atoms with Gasteiger partial charge in [-0.1, -0.05) is 0 Å². The molecule has 0 aliphatic rings. The molecule has 0 spiro atoms. The Morgan fingerprint density at radius 3 is 1.57 bits per heavy atom. The molecule has 1 N–H and O–H groups in total. The lowest BCUT2D eigenvalue weighted by Gasteiger charge is -2.34. The maximum absolute atomic E-state index is 3.56. The van der Waals surface area contributed by atoms with E-state index in [1.54, 1.807) is 0 Å². The van der Waals surface area contributed by atoms with Crippen LogP contribution in [0.25, 0.3) is 0 Å². The zero-order valence-corrected chi connectivity index (χ0v) is 9.82. The minimum absolute atomic E-state index is 1.28. The van der Waals surface area contributed by atoms with Crippen LogP contribution in [0.4, 0.5) is 0 Å². The summed E-state index contributed by atoms with van der Waals surface area (Å²) < 4.78 is 1.28. The van der Waals surface area contributed by atoms with E-state index in [2.05, 4.69) is 42.9 Å². The zero-order chi connectivity index (χ0) is 10.9. The molecule has 0 bridgehead atoms. The van der Waals surface area contributed by atoms with E-state index < -0.39 is 0 Å². The van der Waals surface area contributed by atoms with Crippen molar-refractivity contribution in [1.29, 1.82) is 0 Å². The summed E-state index contributed by atoms with van der Waals surface area (Å²) in [5.74, 6) is 0. The van der Waals surface area contributed by atoms with Crippen LogP contribution in [0.15, 0.2) is 12.7 Å². The monoisotopic (exact) mass is 199 g/mol. The first-order valence-electron chi connectivity index (χ1n) is 5.38. The second-order valence-electron chi connectivity index (χ2n) is 3.26. The van der Waals surface area contributed by atoms with Gasteiger partial charge in [-0.25, -0.2) is 4.98 Å². The van der Waals surface area contributed by atoms with Crippen molar-refractivity contribution in [3.8, 4) is 0 Å². The quantitative estimate of drug-likeness (QED) is 0.750. The first-order valence-corrected chi connectivity index (χ1v) is 5.38. The molecule has 0 aliphatic heterocycles. The lowest BCUT2D eigenvalue weighted by Crippen LogP contribution is -2.47. The maximum Gasteiger partial charge on any atom is 0.137 e. The van der Waals surface area contributed by atoms with Crippen molar-refractivity contribution in [2.24, 2.45) is 0 Å². The number of hydrogen-bond acceptors (Lipinski definition) is 2. The number of aromatic nitrogens is 3. The second kappa shape index (κ2) is 7.50. The molecular formula is C10H23N4+. The van der Waals surface area contributed by atoms with Crippen molar-refractivity contribution in [3.63, 3.8) is 0 Å². The van der Waals surface area contributed by atoms with Gasteiger partial charge in [0.2, 0.25) is 0 Å². The highest BCUT2D eigenvalue weighted by molar-refractivity contribution is 4.43. The predicted molar refractivity (Wildman–Crippen MR) is 58.8 cm³/mol. The lowest BCUT2D eigenvalue weighted by molar-refractivity contribution is -0.921. The minimum Gasteiger partial charge on any atom is -0.325 e. The van der Waals surface area contributed by atoms with Gasteiger partial charge in [-0.3, -0.25) is 5.10 Å². The molecule has 14 heavy (non-hydrogen) atoms. The molecule has 1 aromatic heterocycles. The smallest absolute Gasteiger partial charge is 0.137 e. The fraction of sp³-hybridized carbons (Fsp3) is 0.800. The standard InChI is InChI=1S/C8H20N.C2H3N3/c1-5-9(6-2,7-3)8-4;1-3-2-5-4-1/h5-8H2,1-4H3;1-2H,(H,3,4,5)/q+1;. The third kappa shape index (κ3) is 4.37. The Morgan fingerprint density at radius 2 is 1.50 bits per heavy atom. The van der Waals surface area contributed by atoms with E-state index in [0.717, 1.165) is 0 Å². The second-order valence-corrected chi connectivity index (χ2v) is 3.26. The maximum atomic E-state index is 3.56. The van der Waals surface area contributed by atoms with E-state index in [1.807, 2.05) is 0 Å². The summed E-state index contributed by atoms with van der Waals surface area (Å²) in [6, 6.07) is 0. The van der Waals surface area contributed by atoms with E-state index in [9.17, 15) is 0 Å². The zero-order valence-electron chi connectivity index (χ0n) is 9.82. The number of hydrogen-bond donors (Lipinski definition) is 1. The van der Waals surface area contributed by atoms with E-state index in [-0.39, 0.29) is 0 Å². The van der Waals surface area contributed by atoms with Crippen molar-refractivity contribution in [3.05, 3.63) is 12.7 Å². The summed E-state index contributed by atoms with van der Waals surface area (Å²) in [5, 5.41) is 5.99. The Morgan fingerprint density at radius 1 is 1.00 bits per heavy atom. The number of H-pyrrole nitrogens is 1. The Hall–Kier alpha value is -0.900. The molecule has 0 atom stereocenters. The summed E-state index contributed by atoms with van der Waals surface area (Å²) >= 11 is 0. The number of aromatic amines is 1. The van der Waals surface area contributed by atoms with Crippen LogP contribution >= 0.6 is 0 Å². The van der Waals surface area contributed by atoms with Crippen LogP contribution in [0.1, 0.15) is 27.7 Å². The topological polar surface area (TPSA) is 41.6 Å². The average molecular weight is 199 g/mol. The third-order valence-corrected chi connectivity index (χ3v) is 3.01. The number of quaternary nitrogens is 1. The van der Waals surface area contributed by atoms with Gasteiger partial charge in [0.15, 0.2) is 0 Å². The Bertz CT molecular complexity index is 157. The molecule has 0 aromatic carbocycles. The van der Waals surface area contributed by atoms with Gasteiger partial charge in [0.1, 0.15) is 12.7 Å². The predicted octanol–water partition coefficient (Wildman–Crippen LogP) is 1.69. The van der Waals surface area contributed by atoms with Crippen LogP contribution in [-0.4, -0.2) is 45.8 Å². The van der Waals surface area contributed by atoms with Gasteiger partial charge < -0.3 is 4.48 Å². The molecule has 1 rings (SSSR count). The molecule has 1 heterocycles. The first kappa shape index (κ1) is 13.1. The highest BCUT2D eigenvalue weighted by Crippen LogP contribution is 2.03. The Balaban J connectivity index is 0.000000280. The number of nitrogens with zero attached hydrogens (tertiary/aromatic N) is 3. The summed E-state index contributed by atoms with van der Waals surface area (Å²) in [6.07, 6.45) is 2.96. The normalized spacial score (nSPS) is 10.6. The minimum atomic E-state index is 1.28. The van der Waals surface area contributed by atoms with Crippen LogP contribution in [0.2, 0.25) is 0 Å². The van der Waals surface area contributed by atoms with Gasteiger partial charge in [0.05, 0.1) is 26.2 Å². The highest BCUT2D eigenvalue weighted by Gasteiger charge is 2.16. The van der Waals surface area contributed by atoms with E-state index in [1.165, 1.54) is 43.3 Å². The SMILES string of the molecule is CC[N+](CC)(CC)CC.c1nc[nH]n1. The van der Waals surface area contributed by atoms with Crippen molar-refractivity contribution >= 4 is 0 Å². The van der Waals surface area contributed by atoms with Crippen molar-refractivity contribution in [1.82, 2.24) is 15.2 Å². The molecule has 0 fully saturated rings. The summed E-state index contributed by atoms with van der Waals surface area (Å²) in [6.45, 7) is 14.2. The van der Waals surface area contributed by atoms with E-state index in [4.69, 9.17) is 0 Å². The van der Waals surface area contributed by atoms with Gasteiger partial charge >= 0.3 is 0 Å². The van der Waals surface area contributed by atoms with E-state index >= 15 is 0 Å².